The SMILES string of the molecule is CCCC(=O)N(Cc1ccc(F)cc1)[C@@H](C)C(=O)NCc1ccc(C)cc1. The Morgan fingerprint density at radius 1 is 1.04 bits per heavy atom. The van der Waals surface area contributed by atoms with Gasteiger partial charge in [0.2, 0.25) is 11.8 Å². The first-order chi connectivity index (χ1) is 12.9. The number of aryl methyl sites for hydroxylation is 1. The first kappa shape index (κ1) is 20.6. The first-order valence-electron chi connectivity index (χ1n) is 9.28. The average Bonchev–Trinajstić information content (AvgIpc) is 2.66. The third-order valence-electron chi connectivity index (χ3n) is 4.48. The molecule has 0 aliphatic heterocycles. The second-order valence-corrected chi connectivity index (χ2v) is 6.78. The highest BCUT2D eigenvalue weighted by Gasteiger charge is 2.25. The van der Waals surface area contributed by atoms with Crippen molar-refractivity contribution >= 4 is 11.8 Å². The van der Waals surface area contributed by atoms with Crippen LogP contribution in [0, 0.1) is 12.7 Å². The Labute approximate surface area is 160 Å². The molecule has 27 heavy (non-hydrogen) atoms. The van der Waals surface area contributed by atoms with E-state index in [2.05, 4.69) is 5.32 Å². The summed E-state index contributed by atoms with van der Waals surface area (Å²) in [6.07, 6.45) is 1.08. The molecule has 0 aromatic heterocycles. The summed E-state index contributed by atoms with van der Waals surface area (Å²) in [5.74, 6) is -0.615. The van der Waals surface area contributed by atoms with Gasteiger partial charge in [0.1, 0.15) is 11.9 Å². The molecule has 0 aliphatic rings. The van der Waals surface area contributed by atoms with Crippen LogP contribution in [-0.2, 0) is 22.7 Å². The van der Waals surface area contributed by atoms with Crippen LogP contribution >= 0.6 is 0 Å². The summed E-state index contributed by atoms with van der Waals surface area (Å²) < 4.78 is 13.1. The molecule has 0 radical (unpaired) electrons. The number of halogens is 1. The molecule has 0 aliphatic carbocycles. The Hall–Kier alpha value is -2.69. The van der Waals surface area contributed by atoms with Crippen molar-refractivity contribution in [2.75, 3.05) is 0 Å². The van der Waals surface area contributed by atoms with Crippen molar-refractivity contribution in [1.29, 1.82) is 0 Å². The van der Waals surface area contributed by atoms with Crippen LogP contribution in [0.3, 0.4) is 0 Å². The van der Waals surface area contributed by atoms with Gasteiger partial charge in [-0.2, -0.15) is 0 Å². The molecule has 2 amide bonds. The summed E-state index contributed by atoms with van der Waals surface area (Å²) in [5.41, 5.74) is 2.96. The standard InChI is InChI=1S/C22H27FN2O2/c1-4-5-21(26)25(15-19-10-12-20(23)13-11-19)17(3)22(27)24-14-18-8-6-16(2)7-9-18/h6-13,17H,4-5,14-15H2,1-3H3,(H,24,27)/t17-/m0/s1. The van der Waals surface area contributed by atoms with Crippen LogP contribution in [0.1, 0.15) is 43.4 Å². The number of amides is 2. The van der Waals surface area contributed by atoms with Crippen LogP contribution in [0.5, 0.6) is 0 Å². The zero-order chi connectivity index (χ0) is 19.8. The minimum atomic E-state index is -0.612. The van der Waals surface area contributed by atoms with Crippen LogP contribution in [0.25, 0.3) is 0 Å². The number of hydrogen-bond acceptors (Lipinski definition) is 2. The number of hydrogen-bond donors (Lipinski definition) is 1. The third-order valence-corrected chi connectivity index (χ3v) is 4.48. The van der Waals surface area contributed by atoms with Gasteiger partial charge in [0.05, 0.1) is 0 Å². The molecule has 0 unspecified atom stereocenters. The fourth-order valence-corrected chi connectivity index (χ4v) is 2.77. The van der Waals surface area contributed by atoms with Crippen LogP contribution in [0.2, 0.25) is 0 Å². The molecule has 1 N–H and O–H groups in total. The molecule has 0 heterocycles. The van der Waals surface area contributed by atoms with Crippen molar-refractivity contribution in [3.63, 3.8) is 0 Å². The normalized spacial score (nSPS) is 11.7. The monoisotopic (exact) mass is 370 g/mol. The predicted molar refractivity (Wildman–Crippen MR) is 104 cm³/mol. The highest BCUT2D eigenvalue weighted by Crippen LogP contribution is 2.13. The van der Waals surface area contributed by atoms with E-state index in [1.807, 2.05) is 38.1 Å². The van der Waals surface area contributed by atoms with Crippen LogP contribution in [0.4, 0.5) is 4.39 Å². The van der Waals surface area contributed by atoms with Crippen LogP contribution in [0.15, 0.2) is 48.5 Å². The highest BCUT2D eigenvalue weighted by molar-refractivity contribution is 5.87. The molecule has 1 atom stereocenters. The number of nitrogens with zero attached hydrogens (tertiary/aromatic N) is 1. The van der Waals surface area contributed by atoms with E-state index in [0.717, 1.165) is 16.7 Å². The third kappa shape index (κ3) is 6.20. The summed E-state index contributed by atoms with van der Waals surface area (Å²) in [6, 6.07) is 13.3. The van der Waals surface area contributed by atoms with Crippen LogP contribution < -0.4 is 5.32 Å². The van der Waals surface area contributed by atoms with Crippen molar-refractivity contribution in [2.24, 2.45) is 0 Å². The van der Waals surface area contributed by atoms with E-state index in [9.17, 15) is 14.0 Å². The smallest absolute Gasteiger partial charge is 0.242 e. The first-order valence-corrected chi connectivity index (χ1v) is 9.28. The fourth-order valence-electron chi connectivity index (χ4n) is 2.77. The maximum absolute atomic E-state index is 13.1. The zero-order valence-corrected chi connectivity index (χ0v) is 16.2. The minimum Gasteiger partial charge on any atom is -0.350 e. The molecule has 0 saturated heterocycles. The Kier molecular flexibility index (Phi) is 7.53. The molecular weight excluding hydrogens is 343 g/mol. The van der Waals surface area contributed by atoms with Crippen molar-refractivity contribution in [3.8, 4) is 0 Å². The predicted octanol–water partition coefficient (Wildman–Crippen LogP) is 3.97. The lowest BCUT2D eigenvalue weighted by molar-refractivity contribution is -0.140. The quantitative estimate of drug-likeness (QED) is 0.764. The molecule has 5 heteroatoms. The second kappa shape index (κ2) is 9.86. The molecular formula is C22H27FN2O2. The lowest BCUT2D eigenvalue weighted by atomic mass is 10.1. The Balaban J connectivity index is 2.05. The molecule has 4 nitrogen and oxygen atoms in total. The molecule has 0 bridgehead atoms. The number of nitrogens with one attached hydrogen (secondary N) is 1. The zero-order valence-electron chi connectivity index (χ0n) is 16.2. The van der Waals surface area contributed by atoms with Crippen molar-refractivity contribution in [3.05, 3.63) is 71.0 Å². The molecule has 144 valence electrons. The number of benzene rings is 2. The van der Waals surface area contributed by atoms with Gasteiger partial charge in [0, 0.05) is 19.5 Å². The summed E-state index contributed by atoms with van der Waals surface area (Å²) in [6.45, 7) is 6.35. The fraction of sp³-hybridized carbons (Fsp3) is 0.364. The van der Waals surface area contributed by atoms with Gasteiger partial charge in [-0.05, 0) is 43.5 Å². The highest BCUT2D eigenvalue weighted by atomic mass is 19.1. The Bertz CT molecular complexity index is 757. The molecule has 2 rings (SSSR count). The summed E-state index contributed by atoms with van der Waals surface area (Å²) in [7, 11) is 0. The summed E-state index contributed by atoms with van der Waals surface area (Å²) >= 11 is 0. The van der Waals surface area contributed by atoms with Gasteiger partial charge in [0.15, 0.2) is 0 Å². The van der Waals surface area contributed by atoms with Gasteiger partial charge >= 0.3 is 0 Å². The number of carbonyl (C=O) groups excluding carboxylic acids is 2. The van der Waals surface area contributed by atoms with E-state index in [-0.39, 0.29) is 24.2 Å². The lowest BCUT2D eigenvalue weighted by Crippen LogP contribution is -2.47. The van der Waals surface area contributed by atoms with E-state index in [0.29, 0.717) is 19.4 Å². The summed E-state index contributed by atoms with van der Waals surface area (Å²) in [4.78, 5) is 26.7. The molecule has 0 saturated carbocycles. The van der Waals surface area contributed by atoms with E-state index in [1.165, 1.54) is 12.1 Å². The van der Waals surface area contributed by atoms with E-state index in [4.69, 9.17) is 0 Å². The Morgan fingerprint density at radius 3 is 2.22 bits per heavy atom. The number of rotatable bonds is 8. The number of carbonyl (C=O) groups is 2. The summed E-state index contributed by atoms with van der Waals surface area (Å²) in [5, 5.41) is 2.90. The topological polar surface area (TPSA) is 49.4 Å². The van der Waals surface area contributed by atoms with E-state index >= 15 is 0 Å². The van der Waals surface area contributed by atoms with Gasteiger partial charge in [0.25, 0.3) is 0 Å². The maximum atomic E-state index is 13.1. The Morgan fingerprint density at radius 2 is 1.63 bits per heavy atom. The van der Waals surface area contributed by atoms with E-state index in [1.54, 1.807) is 24.0 Å². The lowest BCUT2D eigenvalue weighted by Gasteiger charge is -2.28. The van der Waals surface area contributed by atoms with Gasteiger partial charge in [-0.25, -0.2) is 4.39 Å². The minimum absolute atomic E-state index is 0.0835. The van der Waals surface area contributed by atoms with Gasteiger partial charge < -0.3 is 10.2 Å². The maximum Gasteiger partial charge on any atom is 0.242 e. The van der Waals surface area contributed by atoms with E-state index < -0.39 is 6.04 Å². The van der Waals surface area contributed by atoms with Crippen molar-refractivity contribution in [1.82, 2.24) is 10.2 Å². The second-order valence-electron chi connectivity index (χ2n) is 6.78. The van der Waals surface area contributed by atoms with Crippen LogP contribution in [-0.4, -0.2) is 22.8 Å². The molecule has 2 aromatic carbocycles. The van der Waals surface area contributed by atoms with Crippen molar-refractivity contribution in [2.45, 2.75) is 52.7 Å². The van der Waals surface area contributed by atoms with Gasteiger partial charge in [-0.3, -0.25) is 9.59 Å². The molecule has 0 spiro atoms. The van der Waals surface area contributed by atoms with Crippen molar-refractivity contribution < 1.29 is 14.0 Å². The van der Waals surface area contributed by atoms with Gasteiger partial charge in [-0.1, -0.05) is 48.9 Å². The molecule has 0 fully saturated rings. The average molecular weight is 370 g/mol. The molecule has 2 aromatic rings. The largest absolute Gasteiger partial charge is 0.350 e. The van der Waals surface area contributed by atoms with Gasteiger partial charge in [-0.15, -0.1) is 0 Å².